The lowest BCUT2D eigenvalue weighted by atomic mass is 9.95. The third-order valence-electron chi connectivity index (χ3n) is 5.81. The van der Waals surface area contributed by atoms with Crippen LogP contribution in [0.25, 0.3) is 0 Å². The second kappa shape index (κ2) is 8.16. The number of para-hydroxylation sites is 1. The number of benzene rings is 2. The minimum Gasteiger partial charge on any atom is -0.497 e. The lowest BCUT2D eigenvalue weighted by Crippen LogP contribution is -2.48. The average molecular weight is 415 g/mol. The zero-order chi connectivity index (χ0) is 20.4. The molecule has 7 heteroatoms. The molecule has 2 aliphatic rings. The number of sulfonamides is 1. The number of piperidine rings is 1. The van der Waals surface area contributed by atoms with E-state index in [9.17, 15) is 13.2 Å². The highest BCUT2D eigenvalue weighted by molar-refractivity contribution is 7.89. The van der Waals surface area contributed by atoms with Gasteiger partial charge in [-0.15, -0.1) is 0 Å². The monoisotopic (exact) mass is 414 g/mol. The molecule has 2 heterocycles. The van der Waals surface area contributed by atoms with Crippen LogP contribution in [0.4, 0.5) is 5.69 Å². The molecule has 1 fully saturated rings. The molecule has 0 saturated carbocycles. The van der Waals surface area contributed by atoms with Gasteiger partial charge in [-0.1, -0.05) is 18.2 Å². The molecule has 1 saturated heterocycles. The summed E-state index contributed by atoms with van der Waals surface area (Å²) in [5.74, 6) is 0.328. The molecule has 0 aliphatic carbocycles. The lowest BCUT2D eigenvalue weighted by molar-refractivity contribution is -0.123. The summed E-state index contributed by atoms with van der Waals surface area (Å²) in [5.41, 5.74) is 2.16. The van der Waals surface area contributed by atoms with E-state index in [1.807, 2.05) is 23.1 Å². The Hall–Kier alpha value is -2.38. The first kappa shape index (κ1) is 19.9. The van der Waals surface area contributed by atoms with Gasteiger partial charge in [0.05, 0.1) is 17.9 Å². The summed E-state index contributed by atoms with van der Waals surface area (Å²) in [4.78, 5) is 15.4. The van der Waals surface area contributed by atoms with Crippen LogP contribution in [0.5, 0.6) is 5.75 Å². The number of hydrogen-bond acceptors (Lipinski definition) is 4. The Morgan fingerprint density at radius 1 is 1.03 bits per heavy atom. The second-order valence-corrected chi connectivity index (χ2v) is 9.54. The van der Waals surface area contributed by atoms with E-state index in [0.717, 1.165) is 18.5 Å². The van der Waals surface area contributed by atoms with Crippen molar-refractivity contribution in [3.05, 3.63) is 54.1 Å². The molecular weight excluding hydrogens is 388 g/mol. The van der Waals surface area contributed by atoms with E-state index >= 15 is 0 Å². The summed E-state index contributed by atoms with van der Waals surface area (Å²) < 4.78 is 32.7. The van der Waals surface area contributed by atoms with E-state index in [1.165, 1.54) is 9.87 Å². The van der Waals surface area contributed by atoms with Gasteiger partial charge in [0.15, 0.2) is 0 Å². The van der Waals surface area contributed by atoms with Gasteiger partial charge >= 0.3 is 0 Å². The normalized spacial score (nSPS) is 20.2. The highest BCUT2D eigenvalue weighted by Crippen LogP contribution is 2.31. The highest BCUT2D eigenvalue weighted by Gasteiger charge is 2.36. The molecule has 0 radical (unpaired) electrons. The van der Waals surface area contributed by atoms with Crippen LogP contribution in [0.1, 0.15) is 24.8 Å². The molecule has 0 N–H and O–H groups in total. The second-order valence-electron chi connectivity index (χ2n) is 7.60. The van der Waals surface area contributed by atoms with Gasteiger partial charge in [0, 0.05) is 25.3 Å². The SMILES string of the molecule is COc1ccc(S(=O)(=O)N2CCC[C@@H](C(=O)N3CCCc4ccccc43)C2)cc1. The number of amides is 1. The number of aryl methyl sites for hydroxylation is 1. The van der Waals surface area contributed by atoms with Crippen molar-refractivity contribution in [3.8, 4) is 5.75 Å². The van der Waals surface area contributed by atoms with Gasteiger partial charge in [-0.2, -0.15) is 4.31 Å². The molecule has 0 unspecified atom stereocenters. The van der Waals surface area contributed by atoms with E-state index in [2.05, 4.69) is 6.07 Å². The Balaban J connectivity index is 1.53. The molecule has 0 bridgehead atoms. The number of hydrogen-bond donors (Lipinski definition) is 0. The Morgan fingerprint density at radius 2 is 1.79 bits per heavy atom. The quantitative estimate of drug-likeness (QED) is 0.771. The predicted octanol–water partition coefficient (Wildman–Crippen LogP) is 3.08. The molecule has 2 aliphatic heterocycles. The van der Waals surface area contributed by atoms with E-state index in [0.29, 0.717) is 31.7 Å². The number of carbonyl (C=O) groups excluding carboxylic acids is 1. The molecule has 2 aromatic carbocycles. The zero-order valence-corrected chi connectivity index (χ0v) is 17.4. The van der Waals surface area contributed by atoms with Gasteiger partial charge in [-0.05, 0) is 61.6 Å². The fraction of sp³-hybridized carbons (Fsp3) is 0.409. The first-order valence-electron chi connectivity index (χ1n) is 10.0. The predicted molar refractivity (Wildman–Crippen MR) is 112 cm³/mol. The minimum absolute atomic E-state index is 0.0341. The molecule has 4 rings (SSSR count). The summed E-state index contributed by atoms with van der Waals surface area (Å²) in [6.07, 6.45) is 3.30. The molecule has 2 aromatic rings. The number of ether oxygens (including phenoxy) is 1. The number of fused-ring (bicyclic) bond motifs is 1. The Morgan fingerprint density at radius 3 is 2.55 bits per heavy atom. The first-order chi connectivity index (χ1) is 14.0. The minimum atomic E-state index is -3.64. The topological polar surface area (TPSA) is 66.9 Å². The maximum Gasteiger partial charge on any atom is 0.243 e. The number of nitrogens with zero attached hydrogens (tertiary/aromatic N) is 2. The van der Waals surface area contributed by atoms with Crippen LogP contribution in [-0.4, -0.2) is 45.4 Å². The third kappa shape index (κ3) is 3.89. The van der Waals surface area contributed by atoms with Crippen LogP contribution in [-0.2, 0) is 21.2 Å². The maximum absolute atomic E-state index is 13.3. The van der Waals surface area contributed by atoms with Crippen molar-refractivity contribution in [1.82, 2.24) is 4.31 Å². The van der Waals surface area contributed by atoms with Gasteiger partial charge in [-0.3, -0.25) is 4.79 Å². The van der Waals surface area contributed by atoms with Crippen LogP contribution in [0, 0.1) is 5.92 Å². The van der Waals surface area contributed by atoms with Gasteiger partial charge in [0.25, 0.3) is 0 Å². The summed E-state index contributed by atoms with van der Waals surface area (Å²) in [7, 11) is -2.09. The zero-order valence-electron chi connectivity index (χ0n) is 16.6. The first-order valence-corrected chi connectivity index (χ1v) is 11.5. The molecule has 6 nitrogen and oxygen atoms in total. The molecule has 29 heavy (non-hydrogen) atoms. The Kier molecular flexibility index (Phi) is 5.61. The van der Waals surface area contributed by atoms with Crippen molar-refractivity contribution in [2.75, 3.05) is 31.6 Å². The van der Waals surface area contributed by atoms with Crippen molar-refractivity contribution < 1.29 is 17.9 Å². The van der Waals surface area contributed by atoms with Crippen LogP contribution in [0.2, 0.25) is 0 Å². The largest absolute Gasteiger partial charge is 0.497 e. The van der Waals surface area contributed by atoms with Crippen molar-refractivity contribution in [1.29, 1.82) is 0 Å². The maximum atomic E-state index is 13.3. The summed E-state index contributed by atoms with van der Waals surface area (Å²) in [6, 6.07) is 14.4. The number of anilines is 1. The fourth-order valence-electron chi connectivity index (χ4n) is 4.24. The van der Waals surface area contributed by atoms with Gasteiger partial charge in [0.2, 0.25) is 15.9 Å². The molecule has 0 aromatic heterocycles. The van der Waals surface area contributed by atoms with Crippen molar-refractivity contribution in [2.45, 2.75) is 30.6 Å². The molecule has 1 amide bonds. The standard InChI is InChI=1S/C22H26N2O4S/c1-28-19-10-12-20(13-11-19)29(26,27)23-14-4-8-18(16-23)22(25)24-15-5-7-17-6-2-3-9-21(17)24/h2-3,6,9-13,18H,4-5,7-8,14-16H2,1H3/t18-/m1/s1. The molecule has 154 valence electrons. The third-order valence-corrected chi connectivity index (χ3v) is 7.69. The van der Waals surface area contributed by atoms with E-state index in [4.69, 9.17) is 4.74 Å². The number of methoxy groups -OCH3 is 1. The lowest BCUT2D eigenvalue weighted by Gasteiger charge is -2.36. The Bertz CT molecular complexity index is 988. The van der Waals surface area contributed by atoms with Crippen LogP contribution in [0.3, 0.4) is 0 Å². The number of carbonyl (C=O) groups is 1. The van der Waals surface area contributed by atoms with Crippen molar-refractivity contribution in [3.63, 3.8) is 0 Å². The highest BCUT2D eigenvalue weighted by atomic mass is 32.2. The smallest absolute Gasteiger partial charge is 0.243 e. The fourth-order valence-corrected chi connectivity index (χ4v) is 5.77. The van der Waals surface area contributed by atoms with E-state index in [1.54, 1.807) is 31.4 Å². The van der Waals surface area contributed by atoms with Crippen molar-refractivity contribution in [2.24, 2.45) is 5.92 Å². The van der Waals surface area contributed by atoms with Gasteiger partial charge in [-0.25, -0.2) is 8.42 Å². The van der Waals surface area contributed by atoms with E-state index < -0.39 is 10.0 Å². The summed E-state index contributed by atoms with van der Waals surface area (Å²) in [5, 5.41) is 0. The van der Waals surface area contributed by atoms with Gasteiger partial charge < -0.3 is 9.64 Å². The van der Waals surface area contributed by atoms with Crippen LogP contribution in [0.15, 0.2) is 53.4 Å². The van der Waals surface area contributed by atoms with Crippen LogP contribution >= 0.6 is 0 Å². The van der Waals surface area contributed by atoms with Crippen molar-refractivity contribution >= 4 is 21.6 Å². The molecule has 1 atom stereocenters. The number of rotatable bonds is 4. The molecular formula is C22H26N2O4S. The van der Waals surface area contributed by atoms with Crippen LogP contribution < -0.4 is 9.64 Å². The molecule has 0 spiro atoms. The van der Waals surface area contributed by atoms with E-state index in [-0.39, 0.29) is 23.3 Å². The Labute approximate surface area is 172 Å². The summed E-state index contributed by atoms with van der Waals surface area (Å²) in [6.45, 7) is 1.36. The van der Waals surface area contributed by atoms with Gasteiger partial charge in [0.1, 0.15) is 5.75 Å². The average Bonchev–Trinajstić information content (AvgIpc) is 2.78. The summed E-state index contributed by atoms with van der Waals surface area (Å²) >= 11 is 0.